The van der Waals surface area contributed by atoms with Crippen LogP contribution in [0.15, 0.2) is 69.2 Å². The number of esters is 1. The lowest BCUT2D eigenvalue weighted by molar-refractivity contribution is -0.149. The van der Waals surface area contributed by atoms with Gasteiger partial charge in [0.2, 0.25) is 0 Å². The number of carbonyl (C=O) groups excluding carboxylic acids is 1. The highest BCUT2D eigenvalue weighted by atomic mass is 32.7. The Morgan fingerprint density at radius 3 is 2.57 bits per heavy atom. The van der Waals surface area contributed by atoms with Crippen molar-refractivity contribution < 1.29 is 23.4 Å². The van der Waals surface area contributed by atoms with E-state index < -0.39 is 42.3 Å². The molecule has 1 aromatic carbocycles. The van der Waals surface area contributed by atoms with Gasteiger partial charge in [0.05, 0.1) is 12.7 Å². The average molecular weight is 524 g/mol. The van der Waals surface area contributed by atoms with Gasteiger partial charge in [-0.2, -0.15) is 0 Å². The van der Waals surface area contributed by atoms with Crippen molar-refractivity contribution in [3.05, 3.63) is 75.6 Å². The maximum absolute atomic E-state index is 13.8. The fourth-order valence-electron chi connectivity index (χ4n) is 3.43. The van der Waals surface area contributed by atoms with Crippen LogP contribution >= 0.6 is 18.1 Å². The number of aromatic nitrogens is 2. The first-order valence-electron chi connectivity index (χ1n) is 11.1. The lowest BCUT2D eigenvalue weighted by atomic mass is 10.0. The molecule has 0 saturated carbocycles. The summed E-state index contributed by atoms with van der Waals surface area (Å²) in [5, 5.41) is 2.80. The second-order valence-electron chi connectivity index (χ2n) is 8.43. The Hall–Kier alpha value is -2.43. The van der Waals surface area contributed by atoms with Gasteiger partial charge in [0.15, 0.2) is 0 Å². The van der Waals surface area contributed by atoms with Crippen molar-refractivity contribution in [2.24, 2.45) is 5.92 Å². The topological polar surface area (TPSA) is 129 Å². The molecule has 0 amide bonds. The molecule has 0 spiro atoms. The van der Waals surface area contributed by atoms with Crippen LogP contribution in [0.5, 0.6) is 0 Å². The Morgan fingerprint density at radius 2 is 1.94 bits per heavy atom. The lowest BCUT2D eigenvalue weighted by Crippen LogP contribution is -2.35. The molecule has 1 saturated heterocycles. The van der Waals surface area contributed by atoms with Crippen LogP contribution < -0.4 is 16.3 Å². The van der Waals surface area contributed by atoms with Gasteiger partial charge in [-0.15, -0.1) is 0 Å². The zero-order valence-corrected chi connectivity index (χ0v) is 21.7. The van der Waals surface area contributed by atoms with Crippen LogP contribution in [0.25, 0.3) is 0 Å². The van der Waals surface area contributed by atoms with E-state index in [2.05, 4.69) is 16.7 Å². The van der Waals surface area contributed by atoms with Crippen molar-refractivity contribution in [2.45, 2.75) is 57.1 Å². The molecule has 2 aromatic rings. The number of H-pyrrole nitrogens is 1. The smallest absolute Gasteiger partial charge is 0.332 e. The minimum Gasteiger partial charge on any atom is -0.462 e. The SMILES string of the molecule is C=C1C(COP(=O)(NC(C)C(=O)OC(C)C)Sc2ccccc2)OC(n2ccc(=O)[nH]c2=O)C1C. The molecular weight excluding hydrogens is 493 g/mol. The van der Waals surface area contributed by atoms with E-state index in [1.807, 2.05) is 13.0 Å². The highest BCUT2D eigenvalue weighted by molar-refractivity contribution is 8.56. The van der Waals surface area contributed by atoms with Gasteiger partial charge in [0.25, 0.3) is 5.56 Å². The third kappa shape index (κ3) is 7.05. The highest BCUT2D eigenvalue weighted by Gasteiger charge is 2.40. The summed E-state index contributed by atoms with van der Waals surface area (Å²) in [6.45, 7) is 7.11. The third-order valence-electron chi connectivity index (χ3n) is 5.28. The molecule has 0 aliphatic carbocycles. The van der Waals surface area contributed by atoms with E-state index in [1.54, 1.807) is 45.0 Å². The van der Waals surface area contributed by atoms with Crippen LogP contribution in [0, 0.1) is 5.92 Å². The maximum Gasteiger partial charge on any atom is 0.332 e. The molecule has 5 unspecified atom stereocenters. The average Bonchev–Trinajstić information content (AvgIpc) is 3.06. The Balaban J connectivity index is 1.76. The fourth-order valence-corrected chi connectivity index (χ4v) is 7.25. The van der Waals surface area contributed by atoms with Gasteiger partial charge in [-0.05, 0) is 49.9 Å². The van der Waals surface area contributed by atoms with Crippen LogP contribution in [-0.2, 0) is 23.4 Å². The Bertz CT molecular complexity index is 1210. The molecule has 1 fully saturated rings. The number of nitrogens with one attached hydrogen (secondary N) is 2. The summed E-state index contributed by atoms with van der Waals surface area (Å²) in [6.07, 6.45) is -0.343. The molecule has 1 aliphatic rings. The van der Waals surface area contributed by atoms with Gasteiger partial charge in [-0.25, -0.2) is 9.88 Å². The minimum atomic E-state index is -3.67. The molecule has 190 valence electrons. The number of ether oxygens (including phenoxy) is 2. The zero-order valence-electron chi connectivity index (χ0n) is 20.0. The van der Waals surface area contributed by atoms with Crippen LogP contribution in [0.1, 0.15) is 33.9 Å². The van der Waals surface area contributed by atoms with Crippen LogP contribution in [-0.4, -0.2) is 40.4 Å². The van der Waals surface area contributed by atoms with Gasteiger partial charge in [-0.1, -0.05) is 31.7 Å². The summed E-state index contributed by atoms with van der Waals surface area (Å²) in [6, 6.07) is 9.35. The molecule has 2 N–H and O–H groups in total. The monoisotopic (exact) mass is 523 g/mol. The second-order valence-corrected chi connectivity index (χ2v) is 12.6. The number of hydrogen-bond donors (Lipinski definition) is 2. The summed E-state index contributed by atoms with van der Waals surface area (Å²) < 4.78 is 32.2. The summed E-state index contributed by atoms with van der Waals surface area (Å²) in [7, 11) is 0. The molecule has 3 rings (SSSR count). The molecule has 10 nitrogen and oxygen atoms in total. The molecule has 0 bridgehead atoms. The summed E-state index contributed by atoms with van der Waals surface area (Å²) in [5.74, 6) is -0.827. The second kappa shape index (κ2) is 11.5. The molecule has 1 aromatic heterocycles. The predicted molar refractivity (Wildman–Crippen MR) is 133 cm³/mol. The number of rotatable bonds is 10. The number of nitrogens with zero attached hydrogens (tertiary/aromatic N) is 1. The zero-order chi connectivity index (χ0) is 25.8. The van der Waals surface area contributed by atoms with Crippen molar-refractivity contribution in [3.63, 3.8) is 0 Å². The van der Waals surface area contributed by atoms with E-state index in [9.17, 15) is 18.9 Å². The van der Waals surface area contributed by atoms with Crippen molar-refractivity contribution in [3.8, 4) is 0 Å². The first-order valence-corrected chi connectivity index (χ1v) is 14.2. The fraction of sp³-hybridized carbons (Fsp3) is 0.435. The Morgan fingerprint density at radius 1 is 1.26 bits per heavy atom. The number of benzene rings is 1. The third-order valence-corrected chi connectivity index (χ3v) is 9.18. The van der Waals surface area contributed by atoms with Gasteiger partial charge in [0.1, 0.15) is 18.4 Å². The summed E-state index contributed by atoms with van der Waals surface area (Å²) in [4.78, 5) is 38.9. The molecule has 1 aliphatic heterocycles. The lowest BCUT2D eigenvalue weighted by Gasteiger charge is -2.24. The quantitative estimate of drug-likeness (QED) is 0.273. The molecular formula is C23H30N3O7PS. The first-order chi connectivity index (χ1) is 16.5. The number of aromatic amines is 1. The number of carbonyl (C=O) groups is 1. The first kappa shape index (κ1) is 27.2. The van der Waals surface area contributed by atoms with Crippen molar-refractivity contribution >= 4 is 24.1 Å². The standard InChI is InChI=1S/C23H30N3O7PS/c1-14(2)32-22(28)17(5)25-34(30,35-18-9-7-6-8-10-18)31-13-19-15(3)16(4)21(33-19)26-12-11-20(27)24-23(26)29/h6-12,14,16-17,19,21H,3,13H2,1-2,4-5H3,(H,25,30)(H,24,27,29). The van der Waals surface area contributed by atoms with E-state index in [-0.39, 0.29) is 18.6 Å². The molecule has 5 atom stereocenters. The van der Waals surface area contributed by atoms with Crippen LogP contribution in [0.3, 0.4) is 0 Å². The largest absolute Gasteiger partial charge is 0.462 e. The van der Waals surface area contributed by atoms with Gasteiger partial charge in [0, 0.05) is 23.1 Å². The van der Waals surface area contributed by atoms with Gasteiger partial charge in [-0.3, -0.25) is 23.7 Å². The van der Waals surface area contributed by atoms with E-state index in [0.29, 0.717) is 10.5 Å². The Kier molecular flexibility index (Phi) is 8.95. The van der Waals surface area contributed by atoms with E-state index in [1.165, 1.54) is 16.8 Å². The van der Waals surface area contributed by atoms with E-state index in [4.69, 9.17) is 14.0 Å². The van der Waals surface area contributed by atoms with E-state index >= 15 is 0 Å². The van der Waals surface area contributed by atoms with E-state index in [0.717, 1.165) is 11.4 Å². The summed E-state index contributed by atoms with van der Waals surface area (Å²) >= 11 is 0.977. The van der Waals surface area contributed by atoms with Gasteiger partial charge < -0.3 is 14.0 Å². The molecule has 35 heavy (non-hydrogen) atoms. The predicted octanol–water partition coefficient (Wildman–Crippen LogP) is 3.47. The molecule has 12 heteroatoms. The molecule has 0 radical (unpaired) electrons. The number of hydrogen-bond acceptors (Lipinski definition) is 8. The summed E-state index contributed by atoms with van der Waals surface area (Å²) in [5.41, 5.74) is -0.463. The molecule has 2 heterocycles. The van der Waals surface area contributed by atoms with Crippen molar-refractivity contribution in [2.75, 3.05) is 6.61 Å². The Labute approximate surface area is 207 Å². The normalized spacial score (nSPS) is 22.7. The minimum absolute atomic E-state index is 0.131. The maximum atomic E-state index is 13.8. The van der Waals surface area contributed by atoms with Crippen LogP contribution in [0.2, 0.25) is 0 Å². The van der Waals surface area contributed by atoms with Crippen LogP contribution in [0.4, 0.5) is 0 Å². The van der Waals surface area contributed by atoms with Crippen molar-refractivity contribution in [1.82, 2.24) is 14.6 Å². The van der Waals surface area contributed by atoms with Crippen molar-refractivity contribution in [1.29, 1.82) is 0 Å². The highest BCUT2D eigenvalue weighted by Crippen LogP contribution is 2.60. The van der Waals surface area contributed by atoms with Gasteiger partial charge >= 0.3 is 18.4 Å².